The second kappa shape index (κ2) is 56.2. The Bertz CT molecular complexity index is 261. The Morgan fingerprint density at radius 2 is 0.400 bits per heavy atom. The monoisotopic (exact) mass is 738 g/mol. The minimum absolute atomic E-state index is 0. The Labute approximate surface area is 288 Å². The number of hydrogen-bond acceptors (Lipinski definition) is 10. The summed E-state index contributed by atoms with van der Waals surface area (Å²) in [6, 6.07) is 0. The average Bonchev–Trinajstić information content (AvgIpc) is 2.48. The molecule has 0 aromatic rings. The quantitative estimate of drug-likeness (QED) is 0.289. The van der Waals surface area contributed by atoms with Crippen molar-refractivity contribution in [2.45, 2.75) is 146 Å². The molecule has 244 valence electrons. The maximum atomic E-state index is 10.3. The predicted molar refractivity (Wildman–Crippen MR) is 147 cm³/mol. The van der Waals surface area contributed by atoms with E-state index in [1.54, 1.807) is 96.9 Å². The van der Waals surface area contributed by atoms with E-state index >= 15 is 0 Å². The van der Waals surface area contributed by atoms with Gasteiger partial charge < -0.3 is 50.7 Å². The standard InChI is InChI=1S/2C5H12NO.6C3H7O.2Zr/c2*1-5(7)4-6(2)3;6*1-3(2)4;;/h2*5H,4H2,1-3H3;6*3H,1-2H3;;/q8*-1;2*+4/t2*5-;;;;;;;;/m10......../s1. The summed E-state index contributed by atoms with van der Waals surface area (Å²) in [7, 11) is 7.59. The summed E-state index contributed by atoms with van der Waals surface area (Å²) in [5.41, 5.74) is 0. The summed E-state index contributed by atoms with van der Waals surface area (Å²) in [5.74, 6) is 0. The van der Waals surface area contributed by atoms with Crippen LogP contribution in [0.2, 0.25) is 0 Å². The summed E-state index contributed by atoms with van der Waals surface area (Å²) >= 11 is 0. The van der Waals surface area contributed by atoms with E-state index < -0.39 is 48.8 Å². The van der Waals surface area contributed by atoms with E-state index in [2.05, 4.69) is 0 Å². The molecule has 10 nitrogen and oxygen atoms in total. The Morgan fingerprint density at radius 3 is 0.400 bits per heavy atom. The van der Waals surface area contributed by atoms with Crippen molar-refractivity contribution in [1.29, 1.82) is 0 Å². The Kier molecular flexibility index (Phi) is 96.2. The van der Waals surface area contributed by atoms with Gasteiger partial charge in [-0.3, -0.25) is 0 Å². The van der Waals surface area contributed by atoms with Crippen molar-refractivity contribution in [3.8, 4) is 0 Å². The van der Waals surface area contributed by atoms with Crippen molar-refractivity contribution in [2.75, 3.05) is 41.3 Å². The molecule has 0 aliphatic rings. The molecule has 0 rings (SSSR count). The minimum atomic E-state index is -0.449. The van der Waals surface area contributed by atoms with Crippen LogP contribution in [0.5, 0.6) is 0 Å². The molecule has 0 aliphatic heterocycles. The van der Waals surface area contributed by atoms with Crippen LogP contribution in [-0.4, -0.2) is 99.9 Å². The van der Waals surface area contributed by atoms with Crippen molar-refractivity contribution in [1.82, 2.24) is 9.80 Å². The molecular formula is C28H66N2O8Zr2. The SMILES string of the molecule is CC(C)[O-].CC(C)[O-].CC(C)[O-].CC(C)[O-].CC(C)[O-].CC(C)[O-].C[C@@H]([O-])CN(C)C.C[C@H]([O-])CN(C)C.[Zr+4].[Zr+4]. The van der Waals surface area contributed by atoms with Gasteiger partial charge in [0.05, 0.1) is 0 Å². The fourth-order valence-electron chi connectivity index (χ4n) is 1.03. The summed E-state index contributed by atoms with van der Waals surface area (Å²) in [6.45, 7) is 23.9. The number of likely N-dealkylation sites (N-methyl/N-ethyl adjacent to an activating group) is 2. The first-order chi connectivity index (χ1) is 16.6. The van der Waals surface area contributed by atoms with Crippen LogP contribution in [0.4, 0.5) is 0 Å². The smallest absolute Gasteiger partial charge is 0.852 e. The molecule has 0 unspecified atom stereocenters. The zero-order chi connectivity index (χ0) is 33.2. The summed E-state index contributed by atoms with van der Waals surface area (Å²) < 4.78 is 0. The van der Waals surface area contributed by atoms with E-state index in [1.165, 1.54) is 0 Å². The molecule has 0 spiro atoms. The number of hydrogen-bond donors (Lipinski definition) is 0. The van der Waals surface area contributed by atoms with Crippen molar-refractivity contribution in [3.63, 3.8) is 0 Å². The van der Waals surface area contributed by atoms with Gasteiger partial charge in [-0.25, -0.2) is 0 Å². The second-order valence-corrected chi connectivity index (χ2v) is 10.4. The molecule has 0 radical (unpaired) electrons. The second-order valence-electron chi connectivity index (χ2n) is 10.4. The fraction of sp³-hybridized carbons (Fsp3) is 1.00. The van der Waals surface area contributed by atoms with Crippen LogP contribution >= 0.6 is 0 Å². The van der Waals surface area contributed by atoms with Gasteiger partial charge in [0.2, 0.25) is 0 Å². The molecule has 40 heavy (non-hydrogen) atoms. The van der Waals surface area contributed by atoms with Crippen LogP contribution in [0.1, 0.15) is 96.9 Å². The van der Waals surface area contributed by atoms with Crippen molar-refractivity contribution in [3.05, 3.63) is 0 Å². The summed E-state index contributed by atoms with van der Waals surface area (Å²) in [6.07, 6.45) is -3.40. The van der Waals surface area contributed by atoms with Crippen molar-refractivity contribution in [2.24, 2.45) is 0 Å². The van der Waals surface area contributed by atoms with Gasteiger partial charge in [0, 0.05) is 0 Å². The molecular weight excluding hydrogens is 675 g/mol. The maximum absolute atomic E-state index is 10.3. The fourth-order valence-corrected chi connectivity index (χ4v) is 1.03. The molecule has 0 fully saturated rings. The molecule has 0 aromatic carbocycles. The molecule has 0 N–H and O–H groups in total. The first-order valence-electron chi connectivity index (χ1n) is 13.2. The van der Waals surface area contributed by atoms with Crippen LogP contribution in [-0.2, 0) is 52.4 Å². The zero-order valence-corrected chi connectivity index (χ0v) is 34.1. The van der Waals surface area contributed by atoms with Gasteiger partial charge in [-0.2, -0.15) is 0 Å². The maximum Gasteiger partial charge on any atom is 4.00 e. The molecule has 0 aliphatic carbocycles. The van der Waals surface area contributed by atoms with Crippen LogP contribution in [0.25, 0.3) is 0 Å². The first kappa shape index (κ1) is 68.5. The van der Waals surface area contributed by atoms with Crippen LogP contribution in [0.15, 0.2) is 0 Å². The zero-order valence-electron chi connectivity index (χ0n) is 29.2. The number of rotatable bonds is 4. The van der Waals surface area contributed by atoms with Crippen LogP contribution < -0.4 is 40.9 Å². The third-order valence-corrected chi connectivity index (χ3v) is 1.24. The van der Waals surface area contributed by atoms with Gasteiger partial charge in [-0.15, -0.1) is 48.8 Å². The third kappa shape index (κ3) is 661. The van der Waals surface area contributed by atoms with Gasteiger partial charge in [0.25, 0.3) is 0 Å². The molecule has 0 aromatic heterocycles. The van der Waals surface area contributed by atoms with E-state index in [0.717, 1.165) is 0 Å². The Morgan fingerprint density at radius 1 is 0.325 bits per heavy atom. The number of nitrogens with zero attached hydrogens (tertiary/aromatic N) is 2. The predicted octanol–water partition coefficient (Wildman–Crippen LogP) is -2.88. The summed E-state index contributed by atoms with van der Waals surface area (Å²) in [5, 5.41) is 77.8. The topological polar surface area (TPSA) is 191 Å². The molecule has 2 atom stereocenters. The van der Waals surface area contributed by atoms with Crippen LogP contribution in [0.3, 0.4) is 0 Å². The van der Waals surface area contributed by atoms with E-state index in [0.29, 0.717) is 13.1 Å². The summed E-state index contributed by atoms with van der Waals surface area (Å²) in [4.78, 5) is 3.77. The molecule has 0 heterocycles. The minimum Gasteiger partial charge on any atom is -0.852 e. The Hall–Kier alpha value is 1.37. The molecule has 0 saturated carbocycles. The largest absolute Gasteiger partial charge is 4.00 e. The normalized spacial score (nSPS) is 10.7. The molecule has 12 heteroatoms. The molecule has 0 saturated heterocycles. The van der Waals surface area contributed by atoms with E-state index in [9.17, 15) is 40.9 Å². The van der Waals surface area contributed by atoms with Gasteiger partial charge in [-0.05, 0) is 41.3 Å². The molecule has 0 bridgehead atoms. The Balaban J connectivity index is -0.0000000324. The van der Waals surface area contributed by atoms with Crippen LogP contribution in [0, 0.1) is 0 Å². The average molecular weight is 741 g/mol. The van der Waals surface area contributed by atoms with Gasteiger partial charge in [-0.1, -0.05) is 96.9 Å². The van der Waals surface area contributed by atoms with Gasteiger partial charge in [0.15, 0.2) is 0 Å². The third-order valence-electron chi connectivity index (χ3n) is 1.24. The van der Waals surface area contributed by atoms with E-state index in [-0.39, 0.29) is 52.4 Å². The molecule has 0 amide bonds. The van der Waals surface area contributed by atoms with E-state index in [4.69, 9.17) is 0 Å². The first-order valence-corrected chi connectivity index (χ1v) is 13.2. The van der Waals surface area contributed by atoms with Crippen molar-refractivity contribution >= 4 is 0 Å². The van der Waals surface area contributed by atoms with Gasteiger partial charge in [0.1, 0.15) is 0 Å². The van der Waals surface area contributed by atoms with E-state index in [1.807, 2.05) is 38.0 Å². The van der Waals surface area contributed by atoms with Gasteiger partial charge >= 0.3 is 52.4 Å². The van der Waals surface area contributed by atoms with Crippen molar-refractivity contribution < 1.29 is 93.3 Å².